The van der Waals surface area contributed by atoms with Crippen molar-refractivity contribution in [2.24, 2.45) is 5.73 Å². The second-order valence-corrected chi connectivity index (χ2v) is 5.82. The molecule has 0 aliphatic rings. The molecule has 0 aromatic carbocycles. The molecule has 3 N–H and O–H groups in total. The fraction of sp³-hybridized carbons (Fsp3) is 0.692. The maximum Gasteiger partial charge on any atom is 0.240 e. The largest absolute Gasteiger partial charge is 0.346 e. The number of carbonyl (C=O) groups is 1. The van der Waals surface area contributed by atoms with Gasteiger partial charge in [-0.1, -0.05) is 20.3 Å². The molecule has 0 saturated carbocycles. The van der Waals surface area contributed by atoms with E-state index in [2.05, 4.69) is 17.2 Å². The third kappa shape index (κ3) is 5.09. The summed E-state index contributed by atoms with van der Waals surface area (Å²) in [7, 11) is 0. The Morgan fingerprint density at radius 2 is 2.21 bits per heavy atom. The van der Waals surface area contributed by atoms with Crippen molar-refractivity contribution in [1.29, 1.82) is 0 Å². The van der Waals surface area contributed by atoms with Crippen molar-refractivity contribution in [1.82, 2.24) is 10.3 Å². The molecule has 2 unspecified atom stereocenters. The lowest BCUT2D eigenvalue weighted by molar-refractivity contribution is -0.126. The van der Waals surface area contributed by atoms with Crippen LogP contribution in [0.2, 0.25) is 0 Å². The first-order valence-corrected chi connectivity index (χ1v) is 7.32. The minimum absolute atomic E-state index is 0. The van der Waals surface area contributed by atoms with Crippen molar-refractivity contribution in [3.05, 3.63) is 16.1 Å². The number of amides is 1. The molecule has 1 rings (SSSR count). The number of nitrogens with two attached hydrogens (primary N) is 1. The van der Waals surface area contributed by atoms with Crippen LogP contribution in [0.15, 0.2) is 5.38 Å². The van der Waals surface area contributed by atoms with E-state index >= 15 is 0 Å². The molecule has 4 nitrogen and oxygen atoms in total. The number of carbonyl (C=O) groups excluding carboxylic acids is 1. The van der Waals surface area contributed by atoms with E-state index in [1.54, 1.807) is 18.3 Å². The van der Waals surface area contributed by atoms with E-state index in [-0.39, 0.29) is 24.4 Å². The van der Waals surface area contributed by atoms with Crippen molar-refractivity contribution < 1.29 is 4.79 Å². The summed E-state index contributed by atoms with van der Waals surface area (Å²) < 4.78 is 0. The van der Waals surface area contributed by atoms with Gasteiger partial charge in [0.15, 0.2) is 0 Å². The van der Waals surface area contributed by atoms with Gasteiger partial charge in [-0.05, 0) is 26.7 Å². The number of thiazole rings is 1. The lowest BCUT2D eigenvalue weighted by atomic mass is 9.96. The average Bonchev–Trinajstić information content (AvgIpc) is 2.77. The first-order valence-electron chi connectivity index (χ1n) is 6.44. The Bertz CT molecular complexity index is 406. The lowest BCUT2D eigenvalue weighted by Crippen LogP contribution is -2.52. The summed E-state index contributed by atoms with van der Waals surface area (Å²) in [6.07, 6.45) is 2.50. The first kappa shape index (κ1) is 18.4. The van der Waals surface area contributed by atoms with E-state index in [1.807, 2.05) is 19.2 Å². The number of aromatic nitrogens is 1. The van der Waals surface area contributed by atoms with Crippen molar-refractivity contribution in [3.63, 3.8) is 0 Å². The Morgan fingerprint density at radius 3 is 2.68 bits per heavy atom. The Labute approximate surface area is 125 Å². The third-order valence-electron chi connectivity index (χ3n) is 2.95. The van der Waals surface area contributed by atoms with Crippen LogP contribution in [0.4, 0.5) is 0 Å². The molecule has 2 atom stereocenters. The van der Waals surface area contributed by atoms with Gasteiger partial charge in [-0.3, -0.25) is 4.79 Å². The molecule has 1 heterocycles. The topological polar surface area (TPSA) is 68.0 Å². The van der Waals surface area contributed by atoms with Gasteiger partial charge in [-0.15, -0.1) is 23.7 Å². The molecule has 0 aliphatic carbocycles. The van der Waals surface area contributed by atoms with Gasteiger partial charge >= 0.3 is 0 Å². The Morgan fingerprint density at radius 1 is 1.58 bits per heavy atom. The number of rotatable bonds is 6. The van der Waals surface area contributed by atoms with Gasteiger partial charge in [0.25, 0.3) is 0 Å². The fourth-order valence-corrected chi connectivity index (χ4v) is 2.59. The first-order chi connectivity index (χ1) is 8.40. The standard InChI is InChI=1S/C13H23N3OS.ClH/c1-5-7-13(4,14)12(17)15-9(3)10-8-18-11(6-2)16-10;/h8-9H,5-7,14H2,1-4H3,(H,15,17);1H. The molecule has 19 heavy (non-hydrogen) atoms. The van der Waals surface area contributed by atoms with Crippen LogP contribution in [-0.4, -0.2) is 16.4 Å². The zero-order valence-electron chi connectivity index (χ0n) is 12.0. The minimum Gasteiger partial charge on any atom is -0.346 e. The summed E-state index contributed by atoms with van der Waals surface area (Å²) in [6, 6.07) is -0.0891. The number of hydrogen-bond acceptors (Lipinski definition) is 4. The highest BCUT2D eigenvalue weighted by molar-refractivity contribution is 7.09. The summed E-state index contributed by atoms with van der Waals surface area (Å²) >= 11 is 1.63. The van der Waals surface area contributed by atoms with Gasteiger partial charge in [0, 0.05) is 5.38 Å². The van der Waals surface area contributed by atoms with Gasteiger partial charge < -0.3 is 11.1 Å². The van der Waals surface area contributed by atoms with E-state index in [9.17, 15) is 4.79 Å². The van der Waals surface area contributed by atoms with Crippen LogP contribution in [0.1, 0.15) is 57.3 Å². The quantitative estimate of drug-likeness (QED) is 0.849. The highest BCUT2D eigenvalue weighted by Gasteiger charge is 2.28. The third-order valence-corrected chi connectivity index (χ3v) is 3.96. The summed E-state index contributed by atoms with van der Waals surface area (Å²) in [5, 5.41) is 6.03. The van der Waals surface area contributed by atoms with Gasteiger partial charge in [0.05, 0.1) is 22.3 Å². The highest BCUT2D eigenvalue weighted by atomic mass is 35.5. The van der Waals surface area contributed by atoms with E-state index in [0.717, 1.165) is 23.5 Å². The maximum absolute atomic E-state index is 12.1. The molecule has 110 valence electrons. The Balaban J connectivity index is 0.00000324. The van der Waals surface area contributed by atoms with Crippen LogP contribution in [0.25, 0.3) is 0 Å². The van der Waals surface area contributed by atoms with Crippen LogP contribution in [0.3, 0.4) is 0 Å². The summed E-state index contributed by atoms with van der Waals surface area (Å²) in [4.78, 5) is 16.5. The smallest absolute Gasteiger partial charge is 0.240 e. The molecule has 0 bridgehead atoms. The molecule has 0 aliphatic heterocycles. The average molecular weight is 306 g/mol. The summed E-state index contributed by atoms with van der Waals surface area (Å²) in [6.45, 7) is 7.81. The van der Waals surface area contributed by atoms with Crippen molar-refractivity contribution in [3.8, 4) is 0 Å². The minimum atomic E-state index is -0.799. The molecule has 1 aromatic heterocycles. The molecular weight excluding hydrogens is 282 g/mol. The molecule has 0 saturated heterocycles. The fourth-order valence-electron chi connectivity index (χ4n) is 1.75. The second kappa shape index (κ2) is 7.82. The van der Waals surface area contributed by atoms with Crippen LogP contribution in [-0.2, 0) is 11.2 Å². The molecule has 0 radical (unpaired) electrons. The van der Waals surface area contributed by atoms with E-state index in [1.165, 1.54) is 0 Å². The van der Waals surface area contributed by atoms with Crippen molar-refractivity contribution in [2.45, 2.75) is 58.5 Å². The number of nitrogens with one attached hydrogen (secondary N) is 1. The molecular formula is C13H24ClN3OS. The van der Waals surface area contributed by atoms with Crippen molar-refractivity contribution in [2.75, 3.05) is 0 Å². The lowest BCUT2D eigenvalue weighted by Gasteiger charge is -2.24. The predicted molar refractivity (Wildman–Crippen MR) is 82.8 cm³/mol. The van der Waals surface area contributed by atoms with Crippen LogP contribution in [0.5, 0.6) is 0 Å². The molecule has 6 heteroatoms. The van der Waals surface area contributed by atoms with E-state index < -0.39 is 5.54 Å². The molecule has 1 aromatic rings. The van der Waals surface area contributed by atoms with E-state index in [0.29, 0.717) is 6.42 Å². The second-order valence-electron chi connectivity index (χ2n) is 4.88. The van der Waals surface area contributed by atoms with Gasteiger partial charge in [0.2, 0.25) is 5.91 Å². The molecule has 1 amide bonds. The monoisotopic (exact) mass is 305 g/mol. The summed E-state index contributed by atoms with van der Waals surface area (Å²) in [5.74, 6) is -0.108. The Kier molecular flexibility index (Phi) is 7.55. The van der Waals surface area contributed by atoms with Crippen LogP contribution in [0, 0.1) is 0 Å². The number of nitrogens with zero attached hydrogens (tertiary/aromatic N) is 1. The molecule has 0 fully saturated rings. The van der Waals surface area contributed by atoms with Crippen molar-refractivity contribution >= 4 is 29.7 Å². The highest BCUT2D eigenvalue weighted by Crippen LogP contribution is 2.18. The van der Waals surface area contributed by atoms with Crippen LogP contribution < -0.4 is 11.1 Å². The maximum atomic E-state index is 12.1. The predicted octanol–water partition coefficient (Wildman–Crippen LogP) is 2.82. The number of hydrogen-bond donors (Lipinski definition) is 2. The van der Waals surface area contributed by atoms with Gasteiger partial charge in [-0.25, -0.2) is 4.98 Å². The zero-order valence-corrected chi connectivity index (χ0v) is 13.7. The number of aryl methyl sites for hydroxylation is 1. The summed E-state index contributed by atoms with van der Waals surface area (Å²) in [5.41, 5.74) is 6.11. The zero-order chi connectivity index (χ0) is 13.8. The van der Waals surface area contributed by atoms with Gasteiger partial charge in [-0.2, -0.15) is 0 Å². The SMILES string of the molecule is CCCC(C)(N)C(=O)NC(C)c1csc(CC)n1.Cl. The van der Waals surface area contributed by atoms with E-state index in [4.69, 9.17) is 5.73 Å². The normalized spacial score (nSPS) is 15.2. The Hall–Kier alpha value is -0.650. The van der Waals surface area contributed by atoms with Crippen LogP contribution >= 0.6 is 23.7 Å². The van der Waals surface area contributed by atoms with Gasteiger partial charge in [0.1, 0.15) is 0 Å². The number of halogens is 1. The molecule has 0 spiro atoms.